The summed E-state index contributed by atoms with van der Waals surface area (Å²) in [7, 11) is 0. The molecule has 0 bridgehead atoms. The molecule has 0 amide bonds. The molecular formula is C12H11BrF3N3. The molecule has 0 atom stereocenters. The minimum atomic E-state index is -4.32. The van der Waals surface area contributed by atoms with Crippen LogP contribution in [0.4, 0.5) is 18.9 Å². The van der Waals surface area contributed by atoms with Gasteiger partial charge >= 0.3 is 6.18 Å². The van der Waals surface area contributed by atoms with E-state index in [1.54, 1.807) is 12.4 Å². The normalized spacial score (nSPS) is 11.6. The van der Waals surface area contributed by atoms with Crippen LogP contribution >= 0.6 is 15.9 Å². The third-order valence-electron chi connectivity index (χ3n) is 2.53. The van der Waals surface area contributed by atoms with Gasteiger partial charge in [-0.1, -0.05) is 0 Å². The predicted molar refractivity (Wildman–Crippen MR) is 69.9 cm³/mol. The number of nitrogens with one attached hydrogen (secondary N) is 2. The quantitative estimate of drug-likeness (QED) is 0.892. The average molecular weight is 334 g/mol. The van der Waals surface area contributed by atoms with E-state index < -0.39 is 11.7 Å². The first-order chi connectivity index (χ1) is 8.97. The molecule has 0 spiro atoms. The molecule has 0 saturated carbocycles. The van der Waals surface area contributed by atoms with E-state index in [1.165, 1.54) is 6.07 Å². The van der Waals surface area contributed by atoms with Gasteiger partial charge in [-0.15, -0.1) is 0 Å². The topological polar surface area (TPSA) is 40.7 Å². The van der Waals surface area contributed by atoms with E-state index >= 15 is 0 Å². The van der Waals surface area contributed by atoms with Crippen molar-refractivity contribution in [3.8, 4) is 0 Å². The van der Waals surface area contributed by atoms with E-state index in [0.29, 0.717) is 23.1 Å². The van der Waals surface area contributed by atoms with Crippen molar-refractivity contribution in [3.63, 3.8) is 0 Å². The van der Waals surface area contributed by atoms with Crippen molar-refractivity contribution in [1.82, 2.24) is 9.97 Å². The number of nitrogens with zero attached hydrogens (tertiary/aromatic N) is 1. The molecule has 1 aromatic carbocycles. The molecule has 0 aliphatic heterocycles. The van der Waals surface area contributed by atoms with Gasteiger partial charge in [0.1, 0.15) is 5.82 Å². The average Bonchev–Trinajstić information content (AvgIpc) is 2.83. The lowest BCUT2D eigenvalue weighted by atomic mass is 10.2. The fraction of sp³-hybridized carbons (Fsp3) is 0.250. The summed E-state index contributed by atoms with van der Waals surface area (Å²) in [5.74, 6) is 0.829. The van der Waals surface area contributed by atoms with Crippen LogP contribution in [0.15, 0.2) is 35.1 Å². The van der Waals surface area contributed by atoms with E-state index in [0.717, 1.165) is 18.0 Å². The number of hydrogen-bond acceptors (Lipinski definition) is 2. The van der Waals surface area contributed by atoms with Crippen LogP contribution in [0.1, 0.15) is 11.4 Å². The first-order valence-electron chi connectivity index (χ1n) is 5.55. The highest BCUT2D eigenvalue weighted by molar-refractivity contribution is 9.10. The van der Waals surface area contributed by atoms with Crippen molar-refractivity contribution in [2.45, 2.75) is 12.6 Å². The second-order valence-corrected chi connectivity index (χ2v) is 4.76. The molecule has 1 aromatic heterocycles. The van der Waals surface area contributed by atoms with Gasteiger partial charge in [0.25, 0.3) is 0 Å². The molecule has 2 N–H and O–H groups in total. The Morgan fingerprint density at radius 1 is 1.32 bits per heavy atom. The monoisotopic (exact) mass is 333 g/mol. The summed E-state index contributed by atoms with van der Waals surface area (Å²) in [5, 5.41) is 3.06. The molecular weight excluding hydrogens is 323 g/mol. The number of alkyl halides is 3. The summed E-state index contributed by atoms with van der Waals surface area (Å²) in [4.78, 5) is 7.02. The highest BCUT2D eigenvalue weighted by Crippen LogP contribution is 2.33. The van der Waals surface area contributed by atoms with Gasteiger partial charge in [-0.25, -0.2) is 4.98 Å². The molecule has 102 valence electrons. The van der Waals surface area contributed by atoms with Gasteiger partial charge in [0, 0.05) is 35.5 Å². The number of aromatic amines is 1. The molecule has 0 aliphatic rings. The highest BCUT2D eigenvalue weighted by Gasteiger charge is 2.30. The smallest absolute Gasteiger partial charge is 0.384 e. The Morgan fingerprint density at radius 3 is 2.68 bits per heavy atom. The molecule has 0 aliphatic carbocycles. The van der Waals surface area contributed by atoms with E-state index in [4.69, 9.17) is 0 Å². The van der Waals surface area contributed by atoms with Crippen molar-refractivity contribution < 1.29 is 13.2 Å². The summed E-state index contributed by atoms with van der Waals surface area (Å²) in [6.45, 7) is 0.581. The van der Waals surface area contributed by atoms with Crippen molar-refractivity contribution in [2.75, 3.05) is 11.9 Å². The number of imidazole rings is 1. The van der Waals surface area contributed by atoms with Crippen LogP contribution in [0.3, 0.4) is 0 Å². The number of halogens is 4. The molecule has 0 radical (unpaired) electrons. The fourth-order valence-corrected chi connectivity index (χ4v) is 2.10. The van der Waals surface area contributed by atoms with Gasteiger partial charge in [0.05, 0.1) is 5.56 Å². The lowest BCUT2D eigenvalue weighted by molar-refractivity contribution is -0.137. The third kappa shape index (κ3) is 3.73. The molecule has 0 unspecified atom stereocenters. The zero-order valence-corrected chi connectivity index (χ0v) is 11.3. The molecule has 2 aromatic rings. The summed E-state index contributed by atoms with van der Waals surface area (Å²) in [6, 6.07) is 3.53. The van der Waals surface area contributed by atoms with Crippen LogP contribution < -0.4 is 5.32 Å². The summed E-state index contributed by atoms with van der Waals surface area (Å²) in [5.41, 5.74) is -0.0458. The van der Waals surface area contributed by atoms with Gasteiger partial charge in [-0.05, 0) is 34.1 Å². The maximum absolute atomic E-state index is 12.5. The Balaban J connectivity index is 1.97. The van der Waals surface area contributed by atoms with Crippen LogP contribution in [0, 0.1) is 0 Å². The molecule has 3 nitrogen and oxygen atoms in total. The van der Waals surface area contributed by atoms with Crippen molar-refractivity contribution in [2.24, 2.45) is 0 Å². The second kappa shape index (κ2) is 5.64. The van der Waals surface area contributed by atoms with Gasteiger partial charge in [-0.3, -0.25) is 0 Å². The Morgan fingerprint density at radius 2 is 2.11 bits per heavy atom. The van der Waals surface area contributed by atoms with Crippen molar-refractivity contribution in [1.29, 1.82) is 0 Å². The summed E-state index contributed by atoms with van der Waals surface area (Å²) >= 11 is 3.13. The number of aromatic nitrogens is 2. The first-order valence-corrected chi connectivity index (χ1v) is 6.35. The maximum Gasteiger partial charge on any atom is 0.416 e. The van der Waals surface area contributed by atoms with Crippen LogP contribution in [-0.2, 0) is 12.6 Å². The van der Waals surface area contributed by atoms with Crippen LogP contribution in [0.2, 0.25) is 0 Å². The van der Waals surface area contributed by atoms with E-state index in [9.17, 15) is 13.2 Å². The molecule has 2 rings (SSSR count). The summed E-state index contributed by atoms with van der Waals surface area (Å²) in [6.07, 6.45) is -0.275. The van der Waals surface area contributed by atoms with Crippen molar-refractivity contribution >= 4 is 21.6 Å². The summed E-state index contributed by atoms with van der Waals surface area (Å²) < 4.78 is 37.8. The zero-order chi connectivity index (χ0) is 13.9. The first kappa shape index (κ1) is 13.9. The predicted octanol–water partition coefficient (Wildman–Crippen LogP) is 3.85. The Kier molecular flexibility index (Phi) is 4.14. The van der Waals surface area contributed by atoms with E-state index in [-0.39, 0.29) is 0 Å². The van der Waals surface area contributed by atoms with Crippen molar-refractivity contribution in [3.05, 3.63) is 46.5 Å². The third-order valence-corrected chi connectivity index (χ3v) is 3.18. The Labute approximate surface area is 116 Å². The number of rotatable bonds is 4. The van der Waals surface area contributed by atoms with Gasteiger partial charge in [0.2, 0.25) is 0 Å². The molecule has 19 heavy (non-hydrogen) atoms. The largest absolute Gasteiger partial charge is 0.416 e. The van der Waals surface area contributed by atoms with E-state index in [1.807, 2.05) is 0 Å². The minimum Gasteiger partial charge on any atom is -0.384 e. The number of H-pyrrole nitrogens is 1. The zero-order valence-electron chi connectivity index (χ0n) is 9.76. The van der Waals surface area contributed by atoms with Gasteiger partial charge in [-0.2, -0.15) is 13.2 Å². The van der Waals surface area contributed by atoms with Gasteiger partial charge in [0.15, 0.2) is 0 Å². The molecule has 0 saturated heterocycles. The standard InChI is InChI=1S/C12H11BrF3N3/c13-9-7-8(12(14,15)16)1-2-10(9)17-4-3-11-18-5-6-19-11/h1-2,5-7,17H,3-4H2,(H,18,19). The molecule has 0 fully saturated rings. The Hall–Kier alpha value is -1.50. The molecule has 1 heterocycles. The SMILES string of the molecule is FC(F)(F)c1ccc(NCCc2ncc[nH]2)c(Br)c1. The lowest BCUT2D eigenvalue weighted by Crippen LogP contribution is -2.08. The molecule has 7 heteroatoms. The lowest BCUT2D eigenvalue weighted by Gasteiger charge is -2.11. The maximum atomic E-state index is 12.5. The highest BCUT2D eigenvalue weighted by atomic mass is 79.9. The number of hydrogen-bond donors (Lipinski definition) is 2. The van der Waals surface area contributed by atoms with E-state index in [2.05, 4.69) is 31.2 Å². The van der Waals surface area contributed by atoms with Crippen LogP contribution in [0.5, 0.6) is 0 Å². The number of benzene rings is 1. The minimum absolute atomic E-state index is 0.391. The van der Waals surface area contributed by atoms with Crippen LogP contribution in [-0.4, -0.2) is 16.5 Å². The number of anilines is 1. The fourth-order valence-electron chi connectivity index (χ4n) is 1.59. The van der Waals surface area contributed by atoms with Gasteiger partial charge < -0.3 is 10.3 Å². The van der Waals surface area contributed by atoms with Crippen LogP contribution in [0.25, 0.3) is 0 Å². The Bertz CT molecular complexity index is 538. The second-order valence-electron chi connectivity index (χ2n) is 3.91.